The van der Waals surface area contributed by atoms with Crippen LogP contribution >= 0.6 is 0 Å². The van der Waals surface area contributed by atoms with Gasteiger partial charge in [-0.2, -0.15) is 0 Å². The van der Waals surface area contributed by atoms with Crippen LogP contribution in [-0.2, 0) is 19.1 Å². The van der Waals surface area contributed by atoms with Crippen molar-refractivity contribution in [3.63, 3.8) is 0 Å². The largest absolute Gasteiger partial charge is 0.478 e. The fourth-order valence-corrected chi connectivity index (χ4v) is 1.22. The zero-order chi connectivity index (χ0) is 13.4. The molecule has 0 heterocycles. The highest BCUT2D eigenvalue weighted by Gasteiger charge is 2.21. The second-order valence-corrected chi connectivity index (χ2v) is 3.38. The van der Waals surface area contributed by atoms with Crippen molar-refractivity contribution < 1.29 is 29.3 Å². The lowest BCUT2D eigenvalue weighted by molar-refractivity contribution is -0.136. The van der Waals surface area contributed by atoms with E-state index in [1.165, 1.54) is 7.11 Å². The molecule has 0 aliphatic carbocycles. The van der Waals surface area contributed by atoms with E-state index >= 15 is 0 Å². The van der Waals surface area contributed by atoms with E-state index in [0.717, 1.165) is 0 Å². The molecule has 0 spiro atoms. The number of carboxylic acids is 2. The average Bonchev–Trinajstić information content (AvgIpc) is 2.26. The van der Waals surface area contributed by atoms with Gasteiger partial charge >= 0.3 is 11.9 Å². The summed E-state index contributed by atoms with van der Waals surface area (Å²) in [6.45, 7) is 1.69. The molecule has 0 saturated carbocycles. The summed E-state index contributed by atoms with van der Waals surface area (Å²) >= 11 is 0. The number of aliphatic carboxylic acids is 2. The van der Waals surface area contributed by atoms with Crippen LogP contribution < -0.4 is 0 Å². The number of hydrogen-bond donors (Lipinski definition) is 2. The quantitative estimate of drug-likeness (QED) is 0.614. The molecule has 6 nitrogen and oxygen atoms in total. The summed E-state index contributed by atoms with van der Waals surface area (Å²) in [5.74, 6) is -3.01. The van der Waals surface area contributed by atoms with Gasteiger partial charge in [-0.05, 0) is 0 Å². The maximum absolute atomic E-state index is 11.2. The summed E-state index contributed by atoms with van der Waals surface area (Å²) in [6.07, 6.45) is -0.227. The van der Waals surface area contributed by atoms with Gasteiger partial charge in [0.1, 0.15) is 5.78 Å². The molecule has 0 rings (SSSR count). The molecule has 0 fully saturated rings. The molecular weight excluding hydrogens is 228 g/mol. The molecule has 0 saturated heterocycles. The third-order valence-corrected chi connectivity index (χ3v) is 2.21. The Morgan fingerprint density at radius 1 is 1.06 bits per heavy atom. The van der Waals surface area contributed by atoms with Crippen LogP contribution in [0.25, 0.3) is 0 Å². The fraction of sp³-hybridized carbons (Fsp3) is 0.545. The van der Waals surface area contributed by atoms with Gasteiger partial charge in [0.05, 0.1) is 17.8 Å². The monoisotopic (exact) mass is 244 g/mol. The number of carbonyl (C=O) groups is 3. The van der Waals surface area contributed by atoms with Crippen LogP contribution in [0.3, 0.4) is 0 Å². The van der Waals surface area contributed by atoms with Crippen LogP contribution in [0.2, 0.25) is 0 Å². The van der Waals surface area contributed by atoms with Gasteiger partial charge < -0.3 is 14.9 Å². The highest BCUT2D eigenvalue weighted by atomic mass is 16.5. The van der Waals surface area contributed by atoms with E-state index in [2.05, 4.69) is 0 Å². The minimum atomic E-state index is -1.37. The van der Waals surface area contributed by atoms with Crippen LogP contribution in [0.1, 0.15) is 26.2 Å². The molecule has 17 heavy (non-hydrogen) atoms. The first-order chi connectivity index (χ1) is 7.93. The van der Waals surface area contributed by atoms with E-state index in [0.29, 0.717) is 0 Å². The van der Waals surface area contributed by atoms with Gasteiger partial charge in [-0.3, -0.25) is 4.79 Å². The molecule has 0 atom stereocenters. The lowest BCUT2D eigenvalue weighted by Gasteiger charge is -2.07. The van der Waals surface area contributed by atoms with Crippen molar-refractivity contribution in [2.45, 2.75) is 26.2 Å². The molecule has 0 unspecified atom stereocenters. The molecule has 0 aromatic rings. The molecule has 0 amide bonds. The Labute approximate surface area is 98.9 Å². The summed E-state index contributed by atoms with van der Waals surface area (Å²) in [5, 5.41) is 17.8. The summed E-state index contributed by atoms with van der Waals surface area (Å²) in [4.78, 5) is 33.1. The van der Waals surface area contributed by atoms with Crippen molar-refractivity contribution in [2.24, 2.45) is 0 Å². The number of Topliss-reactive ketones (excluding diaryl/α,β-unsaturated/α-hetero) is 1. The Morgan fingerprint density at radius 2 is 1.59 bits per heavy atom. The molecule has 96 valence electrons. The number of ether oxygens (including phenoxy) is 1. The Kier molecular flexibility index (Phi) is 6.81. The van der Waals surface area contributed by atoms with Crippen LogP contribution in [0, 0.1) is 0 Å². The smallest absolute Gasteiger partial charge is 0.332 e. The predicted molar refractivity (Wildman–Crippen MR) is 58.7 cm³/mol. The van der Waals surface area contributed by atoms with Gasteiger partial charge in [0.2, 0.25) is 0 Å². The number of carboxylic acid groups (broad SMARTS) is 2. The molecule has 0 radical (unpaired) electrons. The number of rotatable bonds is 8. The zero-order valence-electron chi connectivity index (χ0n) is 9.86. The summed E-state index contributed by atoms with van der Waals surface area (Å²) in [7, 11) is 1.39. The molecule has 0 aliphatic heterocycles. The fourth-order valence-electron chi connectivity index (χ4n) is 1.22. The van der Waals surface area contributed by atoms with E-state index < -0.39 is 11.9 Å². The molecule has 0 aromatic heterocycles. The summed E-state index contributed by atoms with van der Waals surface area (Å²) in [6, 6.07) is 0. The Balaban J connectivity index is 5.19. The highest BCUT2D eigenvalue weighted by molar-refractivity contribution is 6.02. The van der Waals surface area contributed by atoms with E-state index in [-0.39, 0.29) is 42.8 Å². The summed E-state index contributed by atoms with van der Waals surface area (Å²) < 4.78 is 4.71. The van der Waals surface area contributed by atoms with Crippen LogP contribution in [0.4, 0.5) is 0 Å². The average molecular weight is 244 g/mol. The molecule has 6 heteroatoms. The van der Waals surface area contributed by atoms with Gasteiger partial charge in [0.15, 0.2) is 0 Å². The molecule has 0 aromatic carbocycles. The van der Waals surface area contributed by atoms with Gasteiger partial charge in [-0.25, -0.2) is 9.59 Å². The van der Waals surface area contributed by atoms with E-state index in [9.17, 15) is 14.4 Å². The van der Waals surface area contributed by atoms with Gasteiger partial charge in [-0.1, -0.05) is 6.92 Å². The lowest BCUT2D eigenvalue weighted by atomic mass is 9.99. The molecule has 0 aliphatic rings. The Bertz CT molecular complexity index is 342. The summed E-state index contributed by atoms with van der Waals surface area (Å²) in [5.41, 5.74) is -0.637. The van der Waals surface area contributed by atoms with E-state index in [4.69, 9.17) is 14.9 Å². The van der Waals surface area contributed by atoms with Crippen LogP contribution in [0.5, 0.6) is 0 Å². The maximum Gasteiger partial charge on any atom is 0.332 e. The highest BCUT2D eigenvalue weighted by Crippen LogP contribution is 2.15. The normalized spacial score (nSPS) is 11.9. The maximum atomic E-state index is 11.2. The van der Waals surface area contributed by atoms with Crippen molar-refractivity contribution in [1.29, 1.82) is 0 Å². The minimum Gasteiger partial charge on any atom is -0.478 e. The molecule has 0 bridgehead atoms. The first kappa shape index (κ1) is 15.3. The van der Waals surface area contributed by atoms with Crippen molar-refractivity contribution in [1.82, 2.24) is 0 Å². The second-order valence-electron chi connectivity index (χ2n) is 3.38. The van der Waals surface area contributed by atoms with Crippen molar-refractivity contribution in [3.05, 3.63) is 11.1 Å². The zero-order valence-corrected chi connectivity index (χ0v) is 9.86. The molecule has 2 N–H and O–H groups in total. The topological polar surface area (TPSA) is 101 Å². The van der Waals surface area contributed by atoms with Crippen LogP contribution in [0.15, 0.2) is 11.1 Å². The van der Waals surface area contributed by atoms with E-state index in [1.807, 2.05) is 0 Å². The standard InChI is InChI=1S/C11H16O6/c1-3-7(12)6-9(11(15)16)8(10(13)14)4-5-17-2/h3-6H2,1-2H3,(H,13,14)(H,15,16). The first-order valence-electron chi connectivity index (χ1n) is 5.13. The third-order valence-electron chi connectivity index (χ3n) is 2.21. The van der Waals surface area contributed by atoms with Crippen molar-refractivity contribution in [3.8, 4) is 0 Å². The second kappa shape index (κ2) is 7.56. The van der Waals surface area contributed by atoms with Crippen LogP contribution in [-0.4, -0.2) is 41.7 Å². The van der Waals surface area contributed by atoms with Gasteiger partial charge in [-0.15, -0.1) is 0 Å². The van der Waals surface area contributed by atoms with Gasteiger partial charge in [0.25, 0.3) is 0 Å². The molecular formula is C11H16O6. The number of carbonyl (C=O) groups excluding carboxylic acids is 1. The van der Waals surface area contributed by atoms with Gasteiger partial charge in [0, 0.05) is 26.4 Å². The van der Waals surface area contributed by atoms with Crippen molar-refractivity contribution in [2.75, 3.05) is 13.7 Å². The predicted octanol–water partition coefficient (Wildman–Crippen LogP) is 0.858. The Hall–Kier alpha value is -1.69. The van der Waals surface area contributed by atoms with Crippen molar-refractivity contribution >= 4 is 17.7 Å². The number of hydrogen-bond acceptors (Lipinski definition) is 4. The SMILES string of the molecule is CCC(=O)CC(C(=O)O)=C(CCOC)C(=O)O. The minimum absolute atomic E-state index is 0.0372. The lowest BCUT2D eigenvalue weighted by Crippen LogP contribution is -2.15. The number of methoxy groups -OCH3 is 1. The third kappa shape index (κ3) is 5.26. The first-order valence-corrected chi connectivity index (χ1v) is 5.13. The number of ketones is 1. The van der Waals surface area contributed by atoms with E-state index in [1.54, 1.807) is 6.92 Å². The Morgan fingerprint density at radius 3 is 1.94 bits per heavy atom.